The smallest absolute Gasteiger partial charge is 0.181 e. The Morgan fingerprint density at radius 3 is 2.36 bits per heavy atom. The highest BCUT2D eigenvalue weighted by molar-refractivity contribution is 5.10. The van der Waals surface area contributed by atoms with E-state index >= 15 is 0 Å². The van der Waals surface area contributed by atoms with Crippen LogP contribution in [0.1, 0.15) is 5.56 Å². The second-order valence-electron chi connectivity index (χ2n) is 3.06. The van der Waals surface area contributed by atoms with Crippen molar-refractivity contribution < 1.29 is 0 Å². The van der Waals surface area contributed by atoms with Gasteiger partial charge in [0.15, 0.2) is 5.43 Å². The van der Waals surface area contributed by atoms with Crippen LogP contribution in [0, 0.1) is 0 Å². The van der Waals surface area contributed by atoms with E-state index in [0.717, 1.165) is 6.54 Å². The van der Waals surface area contributed by atoms with E-state index in [9.17, 15) is 4.79 Å². The Kier molecular flexibility index (Phi) is 2.40. The number of hydrogen-bond acceptors (Lipinski definition) is 2. The van der Waals surface area contributed by atoms with Crippen molar-refractivity contribution in [2.24, 2.45) is 0 Å². The van der Waals surface area contributed by atoms with Crippen molar-refractivity contribution in [3.63, 3.8) is 0 Å². The van der Waals surface area contributed by atoms with Gasteiger partial charge < -0.3 is 4.57 Å². The largest absolute Gasteiger partial charge is 0.350 e. The van der Waals surface area contributed by atoms with Gasteiger partial charge in [0, 0.05) is 43.5 Å². The Hall–Kier alpha value is -1.90. The van der Waals surface area contributed by atoms with E-state index in [1.807, 2.05) is 16.7 Å². The molecule has 14 heavy (non-hydrogen) atoms. The number of rotatable bonds is 2. The van der Waals surface area contributed by atoms with E-state index in [1.54, 1.807) is 36.9 Å². The van der Waals surface area contributed by atoms with Gasteiger partial charge in [-0.2, -0.15) is 0 Å². The van der Waals surface area contributed by atoms with Crippen LogP contribution in [0.5, 0.6) is 0 Å². The molecule has 0 unspecified atom stereocenters. The van der Waals surface area contributed by atoms with E-state index in [0.29, 0.717) is 0 Å². The minimum absolute atomic E-state index is 0.0379. The second-order valence-corrected chi connectivity index (χ2v) is 3.06. The fourth-order valence-corrected chi connectivity index (χ4v) is 1.25. The molecule has 0 saturated heterocycles. The molecule has 0 aliphatic heterocycles. The van der Waals surface area contributed by atoms with E-state index in [-0.39, 0.29) is 5.43 Å². The van der Waals surface area contributed by atoms with Crippen molar-refractivity contribution in [2.75, 3.05) is 0 Å². The molecule has 0 saturated carbocycles. The summed E-state index contributed by atoms with van der Waals surface area (Å²) >= 11 is 0. The fourth-order valence-electron chi connectivity index (χ4n) is 1.25. The summed E-state index contributed by atoms with van der Waals surface area (Å²) in [6.07, 6.45) is 7.08. The fraction of sp³-hybridized carbons (Fsp3) is 0.0909. The lowest BCUT2D eigenvalue weighted by Gasteiger charge is -2.04. The molecule has 0 bridgehead atoms. The molecule has 0 spiro atoms. The van der Waals surface area contributed by atoms with Crippen molar-refractivity contribution in [2.45, 2.75) is 6.54 Å². The molecule has 0 aromatic carbocycles. The van der Waals surface area contributed by atoms with Crippen molar-refractivity contribution in [3.05, 3.63) is 64.8 Å². The summed E-state index contributed by atoms with van der Waals surface area (Å²) < 4.78 is 1.96. The standard InChI is InChI=1S/C11H10N2O/c14-11-3-7-13(8-4-11)9-10-1-5-12-6-2-10/h1-8H,9H2. The normalized spacial score (nSPS) is 10.0. The van der Waals surface area contributed by atoms with Crippen LogP contribution in [-0.2, 0) is 6.54 Å². The topological polar surface area (TPSA) is 34.9 Å². The molecule has 0 fully saturated rings. The lowest BCUT2D eigenvalue weighted by molar-refractivity contribution is 0.787. The minimum atomic E-state index is 0.0379. The highest BCUT2D eigenvalue weighted by atomic mass is 16.1. The Morgan fingerprint density at radius 2 is 1.71 bits per heavy atom. The molecule has 0 radical (unpaired) electrons. The molecular formula is C11H10N2O. The predicted molar refractivity (Wildman–Crippen MR) is 54.0 cm³/mol. The molecule has 0 N–H and O–H groups in total. The number of aromatic nitrogens is 2. The number of pyridine rings is 2. The average molecular weight is 186 g/mol. The summed E-state index contributed by atoms with van der Waals surface area (Å²) in [5.74, 6) is 0. The molecule has 0 amide bonds. The van der Waals surface area contributed by atoms with Gasteiger partial charge in [-0.3, -0.25) is 9.78 Å². The number of nitrogens with zero attached hydrogens (tertiary/aromatic N) is 2. The molecule has 2 aromatic heterocycles. The number of hydrogen-bond donors (Lipinski definition) is 0. The maximum Gasteiger partial charge on any atom is 0.181 e. The molecular weight excluding hydrogens is 176 g/mol. The molecule has 3 heteroatoms. The van der Waals surface area contributed by atoms with Gasteiger partial charge in [0.1, 0.15) is 0 Å². The Labute approximate surface area is 81.7 Å². The van der Waals surface area contributed by atoms with Crippen molar-refractivity contribution in [3.8, 4) is 0 Å². The molecule has 2 rings (SSSR count). The maximum atomic E-state index is 10.9. The van der Waals surface area contributed by atoms with Crippen LogP contribution in [0.25, 0.3) is 0 Å². The van der Waals surface area contributed by atoms with Gasteiger partial charge in [-0.05, 0) is 17.7 Å². The van der Waals surface area contributed by atoms with Gasteiger partial charge in [0.2, 0.25) is 0 Å². The van der Waals surface area contributed by atoms with E-state index in [2.05, 4.69) is 4.98 Å². The van der Waals surface area contributed by atoms with E-state index < -0.39 is 0 Å². The molecule has 3 nitrogen and oxygen atoms in total. The molecule has 2 heterocycles. The highest BCUT2D eigenvalue weighted by Gasteiger charge is 1.91. The Bertz CT molecular complexity index is 442. The zero-order valence-electron chi connectivity index (χ0n) is 7.63. The maximum absolute atomic E-state index is 10.9. The lowest BCUT2D eigenvalue weighted by atomic mass is 10.2. The summed E-state index contributed by atoms with van der Waals surface area (Å²) in [5.41, 5.74) is 1.21. The van der Waals surface area contributed by atoms with Crippen LogP contribution >= 0.6 is 0 Å². The van der Waals surface area contributed by atoms with Crippen molar-refractivity contribution >= 4 is 0 Å². The van der Waals surface area contributed by atoms with Crippen molar-refractivity contribution in [1.29, 1.82) is 0 Å². The Balaban J connectivity index is 2.19. The van der Waals surface area contributed by atoms with Crippen molar-refractivity contribution in [1.82, 2.24) is 9.55 Å². The molecule has 0 aliphatic carbocycles. The first-order valence-electron chi connectivity index (χ1n) is 4.39. The van der Waals surface area contributed by atoms with Gasteiger partial charge in [-0.15, -0.1) is 0 Å². The molecule has 0 atom stereocenters. The minimum Gasteiger partial charge on any atom is -0.350 e. The first kappa shape index (κ1) is 8.69. The van der Waals surface area contributed by atoms with Gasteiger partial charge in [0.05, 0.1) is 0 Å². The van der Waals surface area contributed by atoms with Crippen LogP contribution in [0.15, 0.2) is 53.8 Å². The lowest BCUT2D eigenvalue weighted by Crippen LogP contribution is -2.04. The van der Waals surface area contributed by atoms with Gasteiger partial charge in [-0.1, -0.05) is 0 Å². The summed E-state index contributed by atoms with van der Waals surface area (Å²) in [5, 5.41) is 0. The first-order chi connectivity index (χ1) is 6.84. The van der Waals surface area contributed by atoms with Crippen LogP contribution < -0.4 is 5.43 Å². The SMILES string of the molecule is O=c1ccn(Cc2ccncc2)cc1. The van der Waals surface area contributed by atoms with Crippen LogP contribution in [0.2, 0.25) is 0 Å². The zero-order chi connectivity index (χ0) is 9.80. The predicted octanol–water partition coefficient (Wildman–Crippen LogP) is 1.29. The van der Waals surface area contributed by atoms with Crippen LogP contribution in [0.3, 0.4) is 0 Å². The third kappa shape index (κ3) is 2.07. The molecule has 70 valence electrons. The summed E-state index contributed by atoms with van der Waals surface area (Å²) in [6, 6.07) is 7.03. The Morgan fingerprint density at radius 1 is 1.07 bits per heavy atom. The quantitative estimate of drug-likeness (QED) is 0.708. The third-order valence-corrected chi connectivity index (χ3v) is 1.98. The summed E-state index contributed by atoms with van der Waals surface area (Å²) in [7, 11) is 0. The summed E-state index contributed by atoms with van der Waals surface area (Å²) in [6.45, 7) is 0.767. The molecule has 2 aromatic rings. The van der Waals surface area contributed by atoms with Crippen LogP contribution in [0.4, 0.5) is 0 Å². The third-order valence-electron chi connectivity index (χ3n) is 1.98. The summed E-state index contributed by atoms with van der Waals surface area (Å²) in [4.78, 5) is 14.8. The van der Waals surface area contributed by atoms with Gasteiger partial charge >= 0.3 is 0 Å². The van der Waals surface area contributed by atoms with Gasteiger partial charge in [-0.25, -0.2) is 0 Å². The van der Waals surface area contributed by atoms with E-state index in [4.69, 9.17) is 0 Å². The van der Waals surface area contributed by atoms with E-state index in [1.165, 1.54) is 5.56 Å². The zero-order valence-corrected chi connectivity index (χ0v) is 7.63. The van der Waals surface area contributed by atoms with Gasteiger partial charge in [0.25, 0.3) is 0 Å². The second kappa shape index (κ2) is 3.87. The first-order valence-corrected chi connectivity index (χ1v) is 4.39. The highest BCUT2D eigenvalue weighted by Crippen LogP contribution is 1.99. The average Bonchev–Trinajstić information content (AvgIpc) is 2.23. The monoisotopic (exact) mass is 186 g/mol. The van der Waals surface area contributed by atoms with Crippen LogP contribution in [-0.4, -0.2) is 9.55 Å². The molecule has 0 aliphatic rings.